The summed E-state index contributed by atoms with van der Waals surface area (Å²) in [5.74, 6) is 0. The van der Waals surface area contributed by atoms with Gasteiger partial charge in [0.2, 0.25) is 10.0 Å². The highest BCUT2D eigenvalue weighted by Crippen LogP contribution is 2.27. The van der Waals surface area contributed by atoms with Gasteiger partial charge in [0, 0.05) is 6.54 Å². The van der Waals surface area contributed by atoms with Gasteiger partial charge >= 0.3 is 0 Å². The second-order valence-electron chi connectivity index (χ2n) is 3.10. The molecule has 12 heavy (non-hydrogen) atoms. The summed E-state index contributed by atoms with van der Waals surface area (Å²) in [6, 6.07) is 0. The zero-order chi connectivity index (χ0) is 9.03. The summed E-state index contributed by atoms with van der Waals surface area (Å²) in [4.78, 5) is 0. The number of sulfonamides is 1. The second-order valence-corrected chi connectivity index (χ2v) is 5.14. The molecule has 0 aromatic heterocycles. The summed E-state index contributed by atoms with van der Waals surface area (Å²) < 4.78 is 25.0. The van der Waals surface area contributed by atoms with Crippen LogP contribution in [0.1, 0.15) is 19.3 Å². The number of hydrogen-bond donors (Lipinski definition) is 2. The number of rotatable bonds is 6. The standard InChI is InChI=1S/C7H16N2O2S/c1-8-5-2-6-9-12(10,11)7-3-4-7/h7-9H,2-6H2,1H3. The van der Waals surface area contributed by atoms with Gasteiger partial charge in [-0.15, -0.1) is 0 Å². The number of nitrogens with one attached hydrogen (secondary N) is 2. The van der Waals surface area contributed by atoms with Crippen molar-refractivity contribution in [3.63, 3.8) is 0 Å². The Morgan fingerprint density at radius 2 is 2.00 bits per heavy atom. The molecule has 0 spiro atoms. The second kappa shape index (κ2) is 4.20. The Morgan fingerprint density at radius 3 is 2.50 bits per heavy atom. The molecule has 2 N–H and O–H groups in total. The molecule has 0 aliphatic heterocycles. The van der Waals surface area contributed by atoms with Crippen molar-refractivity contribution in [2.24, 2.45) is 0 Å². The monoisotopic (exact) mass is 192 g/mol. The maximum absolute atomic E-state index is 11.2. The first kappa shape index (κ1) is 9.95. The van der Waals surface area contributed by atoms with E-state index in [0.29, 0.717) is 6.54 Å². The van der Waals surface area contributed by atoms with Crippen LogP contribution in [-0.4, -0.2) is 33.8 Å². The van der Waals surface area contributed by atoms with Crippen LogP contribution in [0.15, 0.2) is 0 Å². The molecule has 0 bridgehead atoms. The van der Waals surface area contributed by atoms with Crippen molar-refractivity contribution in [1.29, 1.82) is 0 Å². The highest BCUT2D eigenvalue weighted by atomic mass is 32.2. The normalized spacial score (nSPS) is 18.1. The largest absolute Gasteiger partial charge is 0.320 e. The zero-order valence-corrected chi connectivity index (χ0v) is 8.15. The van der Waals surface area contributed by atoms with Crippen molar-refractivity contribution in [2.45, 2.75) is 24.5 Å². The van der Waals surface area contributed by atoms with E-state index in [1.165, 1.54) is 0 Å². The molecule has 1 rings (SSSR count). The fourth-order valence-corrected chi connectivity index (χ4v) is 2.40. The van der Waals surface area contributed by atoms with Gasteiger partial charge in [-0.2, -0.15) is 0 Å². The van der Waals surface area contributed by atoms with Crippen molar-refractivity contribution < 1.29 is 8.42 Å². The lowest BCUT2D eigenvalue weighted by Gasteiger charge is -2.03. The Labute approximate surface area is 73.8 Å². The quantitative estimate of drug-likeness (QED) is 0.567. The molecule has 0 aromatic carbocycles. The lowest BCUT2D eigenvalue weighted by molar-refractivity contribution is 0.576. The smallest absolute Gasteiger partial charge is 0.214 e. The van der Waals surface area contributed by atoms with E-state index in [0.717, 1.165) is 25.8 Å². The maximum Gasteiger partial charge on any atom is 0.214 e. The van der Waals surface area contributed by atoms with E-state index in [2.05, 4.69) is 10.0 Å². The molecule has 0 saturated heterocycles. The summed E-state index contributed by atoms with van der Waals surface area (Å²) in [5, 5.41) is 2.87. The van der Waals surface area contributed by atoms with Crippen LogP contribution in [0, 0.1) is 0 Å². The fraction of sp³-hybridized carbons (Fsp3) is 1.00. The minimum atomic E-state index is -2.95. The van der Waals surface area contributed by atoms with Gasteiger partial charge < -0.3 is 5.32 Å². The van der Waals surface area contributed by atoms with Crippen molar-refractivity contribution in [2.75, 3.05) is 20.1 Å². The average Bonchev–Trinajstić information content (AvgIpc) is 2.80. The van der Waals surface area contributed by atoms with Crippen LogP contribution in [-0.2, 0) is 10.0 Å². The predicted molar refractivity (Wildman–Crippen MR) is 48.5 cm³/mol. The van der Waals surface area contributed by atoms with Crippen LogP contribution in [0.5, 0.6) is 0 Å². The van der Waals surface area contributed by atoms with E-state index in [4.69, 9.17) is 0 Å². The van der Waals surface area contributed by atoms with Gasteiger partial charge in [0.15, 0.2) is 0 Å². The molecule has 0 radical (unpaired) electrons. The third-order valence-electron chi connectivity index (χ3n) is 1.87. The summed E-state index contributed by atoms with van der Waals surface area (Å²) >= 11 is 0. The van der Waals surface area contributed by atoms with Gasteiger partial charge in [-0.3, -0.25) is 0 Å². The van der Waals surface area contributed by atoms with Gasteiger partial charge in [0.05, 0.1) is 5.25 Å². The summed E-state index contributed by atoms with van der Waals surface area (Å²) in [6.07, 6.45) is 2.52. The molecular weight excluding hydrogens is 176 g/mol. The minimum Gasteiger partial charge on any atom is -0.320 e. The van der Waals surface area contributed by atoms with Gasteiger partial charge in [-0.1, -0.05) is 0 Å². The van der Waals surface area contributed by atoms with Gasteiger partial charge in [-0.25, -0.2) is 13.1 Å². The summed E-state index contributed by atoms with van der Waals surface area (Å²) in [7, 11) is -1.09. The van der Waals surface area contributed by atoms with E-state index < -0.39 is 10.0 Å². The zero-order valence-electron chi connectivity index (χ0n) is 7.34. The van der Waals surface area contributed by atoms with Gasteiger partial charge in [0.25, 0.3) is 0 Å². The predicted octanol–water partition coefficient (Wildman–Crippen LogP) is -0.322. The van der Waals surface area contributed by atoms with Crippen LogP contribution < -0.4 is 10.0 Å². The van der Waals surface area contributed by atoms with E-state index in [1.807, 2.05) is 7.05 Å². The van der Waals surface area contributed by atoms with Crippen molar-refractivity contribution in [1.82, 2.24) is 10.0 Å². The molecular formula is C7H16N2O2S. The molecule has 5 heteroatoms. The Kier molecular flexibility index (Phi) is 3.49. The minimum absolute atomic E-state index is 0.0907. The van der Waals surface area contributed by atoms with Crippen LogP contribution in [0.3, 0.4) is 0 Å². The molecule has 1 aliphatic rings. The van der Waals surface area contributed by atoms with Crippen molar-refractivity contribution >= 4 is 10.0 Å². The van der Waals surface area contributed by atoms with Crippen molar-refractivity contribution in [3.05, 3.63) is 0 Å². The summed E-state index contributed by atoms with van der Waals surface area (Å²) in [6.45, 7) is 1.41. The average molecular weight is 192 g/mol. The Balaban J connectivity index is 2.13. The fourth-order valence-electron chi connectivity index (χ4n) is 0.976. The Hall–Kier alpha value is -0.130. The molecule has 72 valence electrons. The van der Waals surface area contributed by atoms with Crippen LogP contribution >= 0.6 is 0 Å². The lowest BCUT2D eigenvalue weighted by Crippen LogP contribution is -2.29. The highest BCUT2D eigenvalue weighted by molar-refractivity contribution is 7.90. The molecule has 0 aromatic rings. The molecule has 1 saturated carbocycles. The first-order valence-corrected chi connectivity index (χ1v) is 5.84. The Bertz CT molecular complexity index is 222. The molecule has 1 fully saturated rings. The Morgan fingerprint density at radius 1 is 1.33 bits per heavy atom. The molecule has 0 atom stereocenters. The molecule has 0 unspecified atom stereocenters. The first-order chi connectivity index (χ1) is 5.67. The third kappa shape index (κ3) is 3.08. The van der Waals surface area contributed by atoms with E-state index >= 15 is 0 Å². The van der Waals surface area contributed by atoms with Gasteiger partial charge in [0.1, 0.15) is 0 Å². The lowest BCUT2D eigenvalue weighted by atomic mass is 10.4. The van der Waals surface area contributed by atoms with Crippen LogP contribution in [0.25, 0.3) is 0 Å². The maximum atomic E-state index is 11.2. The molecule has 0 amide bonds. The molecule has 0 heterocycles. The molecule has 1 aliphatic carbocycles. The van der Waals surface area contributed by atoms with Gasteiger partial charge in [-0.05, 0) is 32.9 Å². The third-order valence-corrected chi connectivity index (χ3v) is 3.83. The summed E-state index contributed by atoms with van der Waals surface area (Å²) in [5.41, 5.74) is 0. The number of hydrogen-bond acceptors (Lipinski definition) is 3. The van der Waals surface area contributed by atoms with Crippen molar-refractivity contribution in [3.8, 4) is 0 Å². The van der Waals surface area contributed by atoms with E-state index in [-0.39, 0.29) is 5.25 Å². The van der Waals surface area contributed by atoms with Crippen LogP contribution in [0.2, 0.25) is 0 Å². The van der Waals surface area contributed by atoms with E-state index in [1.54, 1.807) is 0 Å². The highest BCUT2D eigenvalue weighted by Gasteiger charge is 2.34. The SMILES string of the molecule is CNCCCNS(=O)(=O)C1CC1. The van der Waals surface area contributed by atoms with E-state index in [9.17, 15) is 8.42 Å². The van der Waals surface area contributed by atoms with Crippen LogP contribution in [0.4, 0.5) is 0 Å². The molecule has 4 nitrogen and oxygen atoms in total. The first-order valence-electron chi connectivity index (χ1n) is 4.30. The topological polar surface area (TPSA) is 58.2 Å².